The number of hydrogen-bond acceptors (Lipinski definition) is 3. The molecule has 120 valence electrons. The summed E-state index contributed by atoms with van der Waals surface area (Å²) < 4.78 is 18.0. The van der Waals surface area contributed by atoms with Gasteiger partial charge >= 0.3 is 12.1 Å². The van der Waals surface area contributed by atoms with Crippen molar-refractivity contribution in [2.45, 2.75) is 19.4 Å². The van der Waals surface area contributed by atoms with E-state index >= 15 is 0 Å². The lowest BCUT2D eigenvalue weighted by Crippen LogP contribution is -2.32. The Bertz CT molecular complexity index is 550. The average molecular weight is 330 g/mol. The Morgan fingerprint density at radius 1 is 1.45 bits per heavy atom. The molecule has 0 saturated heterocycles. The van der Waals surface area contributed by atoms with Crippen molar-refractivity contribution in [1.82, 2.24) is 4.90 Å². The summed E-state index contributed by atoms with van der Waals surface area (Å²) in [5.41, 5.74) is 0.550. The molecule has 0 aliphatic heterocycles. The predicted octanol–water partition coefficient (Wildman–Crippen LogP) is 3.47. The molecule has 22 heavy (non-hydrogen) atoms. The molecule has 0 unspecified atom stereocenters. The fourth-order valence-electron chi connectivity index (χ4n) is 1.73. The summed E-state index contributed by atoms with van der Waals surface area (Å²) in [6.07, 6.45) is 1.03. The highest BCUT2D eigenvalue weighted by Gasteiger charge is 2.17. The van der Waals surface area contributed by atoms with Gasteiger partial charge in [0, 0.05) is 18.0 Å². The van der Waals surface area contributed by atoms with E-state index in [-0.39, 0.29) is 37.6 Å². The van der Waals surface area contributed by atoms with Crippen LogP contribution in [0.15, 0.2) is 30.9 Å². The molecule has 0 bridgehead atoms. The summed E-state index contributed by atoms with van der Waals surface area (Å²) in [4.78, 5) is 23.8. The van der Waals surface area contributed by atoms with Crippen LogP contribution in [0.3, 0.4) is 0 Å². The van der Waals surface area contributed by atoms with Crippen molar-refractivity contribution in [3.63, 3.8) is 0 Å². The largest absolute Gasteiger partial charge is 0.481 e. The van der Waals surface area contributed by atoms with Crippen molar-refractivity contribution in [3.8, 4) is 0 Å². The Labute approximate surface area is 132 Å². The van der Waals surface area contributed by atoms with Gasteiger partial charge in [0.2, 0.25) is 0 Å². The van der Waals surface area contributed by atoms with E-state index in [2.05, 4.69) is 6.58 Å². The molecule has 0 aliphatic carbocycles. The summed E-state index contributed by atoms with van der Waals surface area (Å²) in [7, 11) is 0. The van der Waals surface area contributed by atoms with Crippen molar-refractivity contribution >= 4 is 23.7 Å². The zero-order valence-electron chi connectivity index (χ0n) is 11.9. The number of carboxylic acids is 1. The molecule has 0 aromatic heterocycles. The Hall–Kier alpha value is -2.08. The highest BCUT2D eigenvalue weighted by molar-refractivity contribution is 6.31. The Morgan fingerprint density at radius 3 is 2.77 bits per heavy atom. The van der Waals surface area contributed by atoms with Gasteiger partial charge in [0.05, 0.1) is 6.54 Å². The second-order valence-corrected chi connectivity index (χ2v) is 4.93. The Kier molecular flexibility index (Phi) is 7.39. The minimum atomic E-state index is -0.945. The molecular formula is C15H17ClFNO4. The number of ether oxygens (including phenoxy) is 1. The number of rotatable bonds is 8. The van der Waals surface area contributed by atoms with Crippen LogP contribution in [0.1, 0.15) is 18.4 Å². The molecule has 7 heteroatoms. The van der Waals surface area contributed by atoms with Gasteiger partial charge in [0.1, 0.15) is 12.4 Å². The van der Waals surface area contributed by atoms with Crippen LogP contribution in [0.25, 0.3) is 0 Å². The minimum absolute atomic E-state index is 0.0470. The molecule has 1 aromatic carbocycles. The highest BCUT2D eigenvalue weighted by Crippen LogP contribution is 2.19. The van der Waals surface area contributed by atoms with Crippen LogP contribution in [0.2, 0.25) is 5.02 Å². The van der Waals surface area contributed by atoms with E-state index in [9.17, 15) is 14.0 Å². The van der Waals surface area contributed by atoms with Crippen LogP contribution in [-0.4, -0.2) is 35.2 Å². The van der Waals surface area contributed by atoms with Crippen LogP contribution >= 0.6 is 11.6 Å². The summed E-state index contributed by atoms with van der Waals surface area (Å²) in [5.74, 6) is -1.42. The number of nitrogens with zero attached hydrogens (tertiary/aromatic N) is 1. The van der Waals surface area contributed by atoms with Gasteiger partial charge in [-0.15, -0.1) is 0 Å². The fraction of sp³-hybridized carbons (Fsp3) is 0.333. The molecule has 0 heterocycles. The van der Waals surface area contributed by atoms with Crippen LogP contribution in [0.4, 0.5) is 9.18 Å². The van der Waals surface area contributed by atoms with Gasteiger partial charge in [-0.2, -0.15) is 0 Å². The summed E-state index contributed by atoms with van der Waals surface area (Å²) in [5, 5.41) is 8.85. The summed E-state index contributed by atoms with van der Waals surface area (Å²) >= 11 is 5.94. The topological polar surface area (TPSA) is 66.8 Å². The molecule has 0 fully saturated rings. The normalized spacial score (nSPS) is 10.1. The van der Waals surface area contributed by atoms with Gasteiger partial charge in [0.25, 0.3) is 0 Å². The lowest BCUT2D eigenvalue weighted by Gasteiger charge is -2.22. The van der Waals surface area contributed by atoms with Gasteiger partial charge in [-0.05, 0) is 24.1 Å². The molecule has 1 rings (SSSR count). The van der Waals surface area contributed by atoms with Crippen molar-refractivity contribution in [3.05, 3.63) is 47.3 Å². The van der Waals surface area contributed by atoms with Crippen molar-refractivity contribution in [1.29, 1.82) is 0 Å². The van der Waals surface area contributed by atoms with E-state index in [4.69, 9.17) is 21.4 Å². The van der Waals surface area contributed by atoms with E-state index in [1.807, 2.05) is 0 Å². The first-order valence-corrected chi connectivity index (χ1v) is 7.00. The third-order valence-corrected chi connectivity index (χ3v) is 3.13. The third kappa shape index (κ3) is 6.13. The molecule has 0 spiro atoms. The van der Waals surface area contributed by atoms with Gasteiger partial charge in [-0.3, -0.25) is 4.79 Å². The van der Waals surface area contributed by atoms with E-state index in [0.29, 0.717) is 5.56 Å². The zero-order valence-corrected chi connectivity index (χ0v) is 12.7. The molecule has 1 N–H and O–H groups in total. The molecule has 1 amide bonds. The molecule has 1 aromatic rings. The SMILES string of the molecule is C=CCOC(=O)N(CCCC(=O)O)Cc1ccc(F)cc1Cl. The van der Waals surface area contributed by atoms with E-state index in [1.54, 1.807) is 0 Å². The number of carboxylic acid groups (broad SMARTS) is 1. The van der Waals surface area contributed by atoms with E-state index in [1.165, 1.54) is 23.1 Å². The number of aliphatic carboxylic acids is 1. The number of carbonyl (C=O) groups is 2. The lowest BCUT2D eigenvalue weighted by molar-refractivity contribution is -0.137. The van der Waals surface area contributed by atoms with Crippen molar-refractivity contribution in [2.75, 3.05) is 13.2 Å². The van der Waals surface area contributed by atoms with Gasteiger partial charge in [-0.1, -0.05) is 30.3 Å². The molecule has 0 aliphatic rings. The quantitative estimate of drug-likeness (QED) is 0.742. The number of halogens is 2. The first-order valence-electron chi connectivity index (χ1n) is 6.62. The van der Waals surface area contributed by atoms with Crippen LogP contribution < -0.4 is 0 Å². The molecular weight excluding hydrogens is 313 g/mol. The molecule has 5 nitrogen and oxygen atoms in total. The smallest absolute Gasteiger partial charge is 0.410 e. The van der Waals surface area contributed by atoms with Crippen molar-refractivity contribution < 1.29 is 23.8 Å². The maximum Gasteiger partial charge on any atom is 0.410 e. The second-order valence-electron chi connectivity index (χ2n) is 4.52. The van der Waals surface area contributed by atoms with Crippen molar-refractivity contribution in [2.24, 2.45) is 0 Å². The van der Waals surface area contributed by atoms with E-state index < -0.39 is 17.9 Å². The maximum atomic E-state index is 13.0. The number of amides is 1. The van der Waals surface area contributed by atoms with Gasteiger partial charge in [-0.25, -0.2) is 9.18 Å². The standard InChI is InChI=1S/C15H17ClFNO4/c1-2-8-22-15(21)18(7-3-4-14(19)20)10-11-5-6-12(17)9-13(11)16/h2,5-6,9H,1,3-4,7-8,10H2,(H,19,20). The molecule has 0 radical (unpaired) electrons. The molecule has 0 atom stereocenters. The third-order valence-electron chi connectivity index (χ3n) is 2.78. The monoisotopic (exact) mass is 329 g/mol. The predicted molar refractivity (Wildman–Crippen MR) is 80.2 cm³/mol. The summed E-state index contributed by atoms with van der Waals surface area (Å²) in [6, 6.07) is 3.87. The summed E-state index contributed by atoms with van der Waals surface area (Å²) in [6.45, 7) is 3.79. The first kappa shape index (κ1) is 18.0. The van der Waals surface area contributed by atoms with Crippen LogP contribution in [-0.2, 0) is 16.1 Å². The Balaban J connectivity index is 2.76. The van der Waals surface area contributed by atoms with Gasteiger partial charge in [0.15, 0.2) is 0 Å². The lowest BCUT2D eigenvalue weighted by atomic mass is 10.2. The number of benzene rings is 1. The average Bonchev–Trinajstić information content (AvgIpc) is 2.45. The van der Waals surface area contributed by atoms with Gasteiger partial charge < -0.3 is 14.7 Å². The first-order chi connectivity index (χ1) is 10.4. The highest BCUT2D eigenvalue weighted by atomic mass is 35.5. The minimum Gasteiger partial charge on any atom is -0.481 e. The maximum absolute atomic E-state index is 13.0. The zero-order chi connectivity index (χ0) is 16.5. The van der Waals surface area contributed by atoms with Crippen LogP contribution in [0, 0.1) is 5.82 Å². The Morgan fingerprint density at radius 2 is 2.18 bits per heavy atom. The van der Waals surface area contributed by atoms with E-state index in [0.717, 1.165) is 6.07 Å². The number of carbonyl (C=O) groups excluding carboxylic acids is 1. The molecule has 0 saturated carbocycles. The fourth-order valence-corrected chi connectivity index (χ4v) is 1.96. The second kappa shape index (κ2) is 9.04. The van der Waals surface area contributed by atoms with Crippen LogP contribution in [0.5, 0.6) is 0 Å². The number of hydrogen-bond donors (Lipinski definition) is 1.